The second-order valence-electron chi connectivity index (χ2n) is 3.17. The van der Waals surface area contributed by atoms with E-state index in [-0.39, 0.29) is 0 Å². The maximum Gasteiger partial charge on any atom is 0.135 e. The molecule has 0 N–H and O–H groups in total. The summed E-state index contributed by atoms with van der Waals surface area (Å²) in [6.07, 6.45) is 1.66. The highest BCUT2D eigenvalue weighted by molar-refractivity contribution is 14.1. The molecular weight excluding hydrogens is 336 g/mol. The van der Waals surface area contributed by atoms with Crippen molar-refractivity contribution >= 4 is 34.2 Å². The maximum atomic E-state index is 5.94. The van der Waals surface area contributed by atoms with Gasteiger partial charge in [0.25, 0.3) is 0 Å². The van der Waals surface area contributed by atoms with Gasteiger partial charge in [0.1, 0.15) is 17.5 Å². The van der Waals surface area contributed by atoms with E-state index < -0.39 is 0 Å². The largest absolute Gasteiger partial charge is 0.488 e. The number of aromatic nitrogens is 1. The van der Waals surface area contributed by atoms with E-state index in [2.05, 4.69) is 27.6 Å². The topological polar surface area (TPSA) is 22.1 Å². The molecule has 0 fully saturated rings. The standard InChI is InChI=1S/C12H9ClINO/c13-12-9(4-3-7-15-12)8-16-11-6-2-1-5-10(11)14/h1-7H,8H2. The first-order valence-corrected chi connectivity index (χ1v) is 6.20. The summed E-state index contributed by atoms with van der Waals surface area (Å²) in [5.41, 5.74) is 0.892. The number of benzene rings is 1. The molecule has 0 bridgehead atoms. The molecule has 0 atom stereocenters. The summed E-state index contributed by atoms with van der Waals surface area (Å²) < 4.78 is 6.76. The summed E-state index contributed by atoms with van der Waals surface area (Å²) in [6, 6.07) is 11.6. The van der Waals surface area contributed by atoms with Crippen LogP contribution < -0.4 is 4.74 Å². The van der Waals surface area contributed by atoms with Crippen molar-refractivity contribution in [1.29, 1.82) is 0 Å². The molecule has 2 nitrogen and oxygen atoms in total. The number of para-hydroxylation sites is 1. The van der Waals surface area contributed by atoms with Gasteiger partial charge in [0.2, 0.25) is 0 Å². The fraction of sp³-hybridized carbons (Fsp3) is 0.0833. The number of hydrogen-bond donors (Lipinski definition) is 0. The zero-order chi connectivity index (χ0) is 11.4. The molecule has 82 valence electrons. The van der Waals surface area contributed by atoms with Crippen LogP contribution in [0.5, 0.6) is 5.75 Å². The van der Waals surface area contributed by atoms with Crippen LogP contribution in [0.4, 0.5) is 0 Å². The van der Waals surface area contributed by atoms with Crippen LogP contribution in [0.3, 0.4) is 0 Å². The average Bonchev–Trinajstić information content (AvgIpc) is 2.30. The Morgan fingerprint density at radius 3 is 2.75 bits per heavy atom. The molecule has 2 rings (SSSR count). The first kappa shape index (κ1) is 11.7. The third kappa shape index (κ3) is 2.86. The predicted octanol–water partition coefficient (Wildman–Crippen LogP) is 3.92. The van der Waals surface area contributed by atoms with Crippen molar-refractivity contribution in [3.8, 4) is 5.75 Å². The molecule has 16 heavy (non-hydrogen) atoms. The smallest absolute Gasteiger partial charge is 0.135 e. The van der Waals surface area contributed by atoms with Gasteiger partial charge >= 0.3 is 0 Å². The SMILES string of the molecule is Clc1ncccc1COc1ccccc1I. The minimum Gasteiger partial charge on any atom is -0.488 e. The van der Waals surface area contributed by atoms with Gasteiger partial charge in [-0.15, -0.1) is 0 Å². The minimum atomic E-state index is 0.437. The van der Waals surface area contributed by atoms with Crippen molar-refractivity contribution in [2.75, 3.05) is 0 Å². The van der Waals surface area contributed by atoms with Crippen LogP contribution in [0.25, 0.3) is 0 Å². The van der Waals surface area contributed by atoms with Gasteiger partial charge in [-0.3, -0.25) is 0 Å². The van der Waals surface area contributed by atoms with Crippen LogP contribution in [0.15, 0.2) is 42.6 Å². The van der Waals surface area contributed by atoms with Crippen LogP contribution in [-0.4, -0.2) is 4.98 Å². The highest BCUT2D eigenvalue weighted by Gasteiger charge is 2.03. The summed E-state index contributed by atoms with van der Waals surface area (Å²) in [5.74, 6) is 0.864. The summed E-state index contributed by atoms with van der Waals surface area (Å²) in [6.45, 7) is 0.437. The summed E-state index contributed by atoms with van der Waals surface area (Å²) >= 11 is 8.18. The number of rotatable bonds is 3. The van der Waals surface area contributed by atoms with Crippen LogP contribution in [0.1, 0.15) is 5.56 Å². The highest BCUT2D eigenvalue weighted by Crippen LogP contribution is 2.22. The molecule has 4 heteroatoms. The lowest BCUT2D eigenvalue weighted by Crippen LogP contribution is -1.98. The lowest BCUT2D eigenvalue weighted by Gasteiger charge is -2.08. The molecular formula is C12H9ClINO. The van der Waals surface area contributed by atoms with E-state index in [0.29, 0.717) is 11.8 Å². The zero-order valence-electron chi connectivity index (χ0n) is 8.36. The Balaban J connectivity index is 2.09. The third-order valence-corrected chi connectivity index (χ3v) is 3.29. The monoisotopic (exact) mass is 345 g/mol. The fourth-order valence-corrected chi connectivity index (χ4v) is 1.96. The Hall–Kier alpha value is -0.810. The van der Waals surface area contributed by atoms with Crippen LogP contribution >= 0.6 is 34.2 Å². The number of pyridine rings is 1. The van der Waals surface area contributed by atoms with Gasteiger partial charge in [0, 0.05) is 11.8 Å². The Bertz CT molecular complexity index is 444. The van der Waals surface area contributed by atoms with E-state index in [1.165, 1.54) is 0 Å². The van der Waals surface area contributed by atoms with E-state index in [4.69, 9.17) is 16.3 Å². The predicted molar refractivity (Wildman–Crippen MR) is 72.7 cm³/mol. The quantitative estimate of drug-likeness (QED) is 0.621. The molecule has 0 aliphatic rings. The molecule has 0 saturated carbocycles. The Morgan fingerprint density at radius 1 is 1.19 bits per heavy atom. The zero-order valence-corrected chi connectivity index (χ0v) is 11.3. The van der Waals surface area contributed by atoms with Crippen LogP contribution in [0.2, 0.25) is 5.15 Å². The van der Waals surface area contributed by atoms with Gasteiger partial charge in [-0.2, -0.15) is 0 Å². The van der Waals surface area contributed by atoms with Gasteiger partial charge in [0.05, 0.1) is 3.57 Å². The third-order valence-electron chi connectivity index (χ3n) is 2.06. The summed E-state index contributed by atoms with van der Waals surface area (Å²) in [7, 11) is 0. The van der Waals surface area contributed by atoms with Crippen molar-refractivity contribution in [3.05, 3.63) is 56.9 Å². The molecule has 0 saturated heterocycles. The van der Waals surface area contributed by atoms with Crippen molar-refractivity contribution in [2.45, 2.75) is 6.61 Å². The molecule has 0 spiro atoms. The van der Waals surface area contributed by atoms with E-state index in [1.54, 1.807) is 6.20 Å². The lowest BCUT2D eigenvalue weighted by molar-refractivity contribution is 0.303. The van der Waals surface area contributed by atoms with Gasteiger partial charge in [-0.1, -0.05) is 29.8 Å². The second-order valence-corrected chi connectivity index (χ2v) is 4.69. The van der Waals surface area contributed by atoms with Gasteiger partial charge < -0.3 is 4.74 Å². The summed E-state index contributed by atoms with van der Waals surface area (Å²) in [4.78, 5) is 4.00. The van der Waals surface area contributed by atoms with Crippen molar-refractivity contribution < 1.29 is 4.74 Å². The lowest BCUT2D eigenvalue weighted by atomic mass is 10.3. The number of nitrogens with zero attached hydrogens (tertiary/aromatic N) is 1. The first-order valence-electron chi connectivity index (χ1n) is 4.74. The summed E-state index contributed by atoms with van der Waals surface area (Å²) in [5, 5.41) is 0.494. The molecule has 0 aliphatic carbocycles. The van der Waals surface area contributed by atoms with Crippen molar-refractivity contribution in [1.82, 2.24) is 4.98 Å². The van der Waals surface area contributed by atoms with Crippen molar-refractivity contribution in [2.24, 2.45) is 0 Å². The molecule has 0 amide bonds. The molecule has 0 unspecified atom stereocenters. The van der Waals surface area contributed by atoms with E-state index >= 15 is 0 Å². The number of halogens is 2. The Kier molecular flexibility index (Phi) is 4.01. The maximum absolute atomic E-state index is 5.94. The average molecular weight is 346 g/mol. The van der Waals surface area contributed by atoms with Crippen molar-refractivity contribution in [3.63, 3.8) is 0 Å². The normalized spacial score (nSPS) is 10.1. The fourth-order valence-electron chi connectivity index (χ4n) is 1.24. The van der Waals surface area contributed by atoms with E-state index in [9.17, 15) is 0 Å². The Morgan fingerprint density at radius 2 is 2.00 bits per heavy atom. The highest BCUT2D eigenvalue weighted by atomic mass is 127. The molecule has 0 radical (unpaired) electrons. The number of ether oxygens (including phenoxy) is 1. The van der Waals surface area contributed by atoms with Crippen LogP contribution in [0, 0.1) is 3.57 Å². The number of hydrogen-bond acceptors (Lipinski definition) is 2. The molecule has 2 aromatic rings. The van der Waals surface area contributed by atoms with Gasteiger partial charge in [-0.05, 0) is 40.8 Å². The molecule has 1 aromatic heterocycles. The first-order chi connectivity index (χ1) is 7.77. The molecule has 1 aromatic carbocycles. The Labute approximate surface area is 113 Å². The molecule has 0 aliphatic heterocycles. The van der Waals surface area contributed by atoms with Crippen LogP contribution in [-0.2, 0) is 6.61 Å². The van der Waals surface area contributed by atoms with Gasteiger partial charge in [0.15, 0.2) is 0 Å². The molecule has 1 heterocycles. The van der Waals surface area contributed by atoms with E-state index in [1.807, 2.05) is 36.4 Å². The van der Waals surface area contributed by atoms with Gasteiger partial charge in [-0.25, -0.2) is 4.98 Å². The minimum absolute atomic E-state index is 0.437. The van der Waals surface area contributed by atoms with E-state index in [0.717, 1.165) is 14.9 Å². The second kappa shape index (κ2) is 5.50.